The first-order valence-electron chi connectivity index (χ1n) is 15.4. The van der Waals surface area contributed by atoms with Gasteiger partial charge in [0.2, 0.25) is 0 Å². The first-order valence-corrected chi connectivity index (χ1v) is 15.4. The van der Waals surface area contributed by atoms with E-state index in [4.69, 9.17) is 9.47 Å². The molecule has 0 saturated heterocycles. The quantitative estimate of drug-likeness (QED) is 0.342. The van der Waals surface area contributed by atoms with Crippen LogP contribution < -0.4 is 0 Å². The second kappa shape index (κ2) is 8.70. The summed E-state index contributed by atoms with van der Waals surface area (Å²) in [7, 11) is 0. The molecule has 8 heteroatoms. The van der Waals surface area contributed by atoms with Crippen LogP contribution in [0.25, 0.3) is 0 Å². The van der Waals surface area contributed by atoms with Crippen LogP contribution in [0.4, 0.5) is 0 Å². The summed E-state index contributed by atoms with van der Waals surface area (Å²) in [5, 5.41) is 20.1. The van der Waals surface area contributed by atoms with Crippen molar-refractivity contribution in [2.45, 2.75) is 129 Å². The van der Waals surface area contributed by atoms with Gasteiger partial charge in [0.15, 0.2) is 0 Å². The Labute approximate surface area is 236 Å². The van der Waals surface area contributed by atoms with Crippen LogP contribution >= 0.6 is 0 Å². The zero-order valence-corrected chi connectivity index (χ0v) is 24.6. The van der Waals surface area contributed by atoms with Gasteiger partial charge in [-0.25, -0.2) is 0 Å². The fraction of sp³-hybridized carbons (Fsp3) is 0.875. The van der Waals surface area contributed by atoms with Gasteiger partial charge < -0.3 is 19.7 Å². The summed E-state index contributed by atoms with van der Waals surface area (Å²) in [6.07, 6.45) is 9.35. The average molecular weight is 559 g/mol. The summed E-state index contributed by atoms with van der Waals surface area (Å²) in [4.78, 5) is 51.8. The summed E-state index contributed by atoms with van der Waals surface area (Å²) in [6.45, 7) is 7.52. The molecule has 0 radical (unpaired) electrons. The van der Waals surface area contributed by atoms with Crippen LogP contribution in [0.2, 0.25) is 0 Å². The third kappa shape index (κ3) is 4.46. The minimum Gasteiger partial charge on any atom is -0.481 e. The van der Waals surface area contributed by atoms with E-state index in [1.54, 1.807) is 0 Å². The molecular formula is C32H46O8. The maximum atomic E-state index is 13.7. The molecule has 4 unspecified atom stereocenters. The number of esters is 2. The van der Waals surface area contributed by atoms with E-state index in [2.05, 4.69) is 0 Å². The molecule has 8 rings (SSSR count). The zero-order valence-electron chi connectivity index (χ0n) is 24.6. The van der Waals surface area contributed by atoms with Crippen LogP contribution in [0, 0.1) is 45.3 Å². The molecule has 4 atom stereocenters. The van der Waals surface area contributed by atoms with E-state index in [1.807, 2.05) is 27.7 Å². The smallest absolute Gasteiger partial charge is 0.312 e. The normalized spacial score (nSPS) is 43.0. The molecule has 8 aliphatic rings. The Hall–Kier alpha value is -2.12. The molecule has 0 heterocycles. The largest absolute Gasteiger partial charge is 0.481 e. The standard InChI is InChI=1S/C32H46O8/c1-27(2,39-25(37)31-13-19-7-20(14-31)10-29(9-19,17-31)23(33)34)5-6-28(3,4)40-26(38)32-15-21-8-22(16-32)12-30(11-21,18-32)24(35)36/h19-22H,5-18H2,1-4H3,(H,33,34)(H,35,36). The Kier molecular flexibility index (Phi) is 6.09. The monoisotopic (exact) mass is 558 g/mol. The van der Waals surface area contributed by atoms with Crippen molar-refractivity contribution < 1.29 is 38.9 Å². The molecule has 8 fully saturated rings. The van der Waals surface area contributed by atoms with Crippen LogP contribution in [0.5, 0.6) is 0 Å². The second-order valence-electron chi connectivity index (χ2n) is 16.5. The number of carbonyl (C=O) groups is 4. The highest BCUT2D eigenvalue weighted by molar-refractivity contribution is 5.83. The lowest BCUT2D eigenvalue weighted by Crippen LogP contribution is -2.58. The Bertz CT molecular complexity index is 1020. The molecule has 0 amide bonds. The van der Waals surface area contributed by atoms with Gasteiger partial charge in [0.25, 0.3) is 0 Å². The first kappa shape index (κ1) is 28.0. The third-order valence-corrected chi connectivity index (χ3v) is 12.0. The predicted molar refractivity (Wildman–Crippen MR) is 144 cm³/mol. The number of ether oxygens (including phenoxy) is 2. The highest BCUT2D eigenvalue weighted by Gasteiger charge is 2.65. The van der Waals surface area contributed by atoms with Gasteiger partial charge in [0.1, 0.15) is 11.2 Å². The minimum atomic E-state index is -0.797. The van der Waals surface area contributed by atoms with Gasteiger partial charge in [-0.05, 0) is 141 Å². The molecule has 8 bridgehead atoms. The van der Waals surface area contributed by atoms with E-state index >= 15 is 0 Å². The van der Waals surface area contributed by atoms with Gasteiger partial charge in [-0.2, -0.15) is 0 Å². The number of carbonyl (C=O) groups excluding carboxylic acids is 2. The van der Waals surface area contributed by atoms with Crippen LogP contribution in [-0.4, -0.2) is 45.3 Å². The summed E-state index contributed by atoms with van der Waals surface area (Å²) in [6, 6.07) is 0. The molecule has 8 nitrogen and oxygen atoms in total. The second-order valence-corrected chi connectivity index (χ2v) is 16.5. The number of aliphatic carboxylic acids is 2. The maximum Gasteiger partial charge on any atom is 0.312 e. The first-order chi connectivity index (χ1) is 18.5. The van der Waals surface area contributed by atoms with Gasteiger partial charge in [0.05, 0.1) is 21.7 Å². The number of rotatable bonds is 9. The fourth-order valence-electron chi connectivity index (χ4n) is 10.9. The van der Waals surface area contributed by atoms with Crippen LogP contribution in [-0.2, 0) is 28.7 Å². The molecular weight excluding hydrogens is 512 g/mol. The lowest BCUT2D eigenvalue weighted by atomic mass is 9.44. The molecule has 40 heavy (non-hydrogen) atoms. The molecule has 0 aliphatic heterocycles. The van der Waals surface area contributed by atoms with Gasteiger partial charge >= 0.3 is 23.9 Å². The highest BCUT2D eigenvalue weighted by atomic mass is 16.6. The number of hydrogen-bond acceptors (Lipinski definition) is 6. The van der Waals surface area contributed by atoms with Crippen molar-refractivity contribution in [1.29, 1.82) is 0 Å². The molecule has 0 aromatic rings. The maximum absolute atomic E-state index is 13.7. The SMILES string of the molecule is CC(C)(CCC(C)(C)OC(=O)C12CC3CC(CC(C(=O)O)(C3)C1)C2)OC(=O)C12CC3CC(CC(C(=O)O)(C3)C1)C2. The topological polar surface area (TPSA) is 127 Å². The molecule has 8 aliphatic carbocycles. The molecule has 8 saturated carbocycles. The third-order valence-electron chi connectivity index (χ3n) is 12.0. The van der Waals surface area contributed by atoms with Crippen LogP contribution in [0.3, 0.4) is 0 Å². The van der Waals surface area contributed by atoms with E-state index in [1.165, 1.54) is 0 Å². The Morgan fingerprint density at radius 3 is 1.12 bits per heavy atom. The summed E-state index contributed by atoms with van der Waals surface area (Å²) < 4.78 is 12.3. The van der Waals surface area contributed by atoms with Crippen molar-refractivity contribution in [3.63, 3.8) is 0 Å². The van der Waals surface area contributed by atoms with Crippen molar-refractivity contribution in [2.24, 2.45) is 45.3 Å². The molecule has 2 N–H and O–H groups in total. The van der Waals surface area contributed by atoms with Gasteiger partial charge in [-0.3, -0.25) is 19.2 Å². The van der Waals surface area contributed by atoms with Crippen LogP contribution in [0.1, 0.15) is 118 Å². The van der Waals surface area contributed by atoms with Gasteiger partial charge in [-0.15, -0.1) is 0 Å². The van der Waals surface area contributed by atoms with Crippen molar-refractivity contribution >= 4 is 23.9 Å². The van der Waals surface area contributed by atoms with Crippen molar-refractivity contribution in [3.8, 4) is 0 Å². The molecule has 0 spiro atoms. The average Bonchev–Trinajstić information content (AvgIpc) is 2.81. The molecule has 0 aromatic carbocycles. The zero-order chi connectivity index (χ0) is 28.9. The van der Waals surface area contributed by atoms with E-state index in [0.29, 0.717) is 51.4 Å². The number of carboxylic acid groups (broad SMARTS) is 2. The highest BCUT2D eigenvalue weighted by Crippen LogP contribution is 2.67. The van der Waals surface area contributed by atoms with E-state index < -0.39 is 44.8 Å². The summed E-state index contributed by atoms with van der Waals surface area (Å²) in [5.74, 6) is -0.969. The number of hydrogen-bond donors (Lipinski definition) is 2. The van der Waals surface area contributed by atoms with E-state index in [-0.39, 0.29) is 35.6 Å². The van der Waals surface area contributed by atoms with Crippen molar-refractivity contribution in [1.82, 2.24) is 0 Å². The predicted octanol–water partition coefficient (Wildman–Crippen LogP) is 5.75. The Morgan fingerprint density at radius 1 is 0.575 bits per heavy atom. The molecule has 222 valence electrons. The fourth-order valence-corrected chi connectivity index (χ4v) is 10.9. The minimum absolute atomic E-state index is 0.264. The van der Waals surface area contributed by atoms with Gasteiger partial charge in [0, 0.05) is 0 Å². The van der Waals surface area contributed by atoms with Crippen molar-refractivity contribution in [3.05, 3.63) is 0 Å². The number of carboxylic acids is 2. The van der Waals surface area contributed by atoms with Crippen molar-refractivity contribution in [2.75, 3.05) is 0 Å². The van der Waals surface area contributed by atoms with E-state index in [0.717, 1.165) is 38.5 Å². The lowest BCUT2D eigenvalue weighted by molar-refractivity contribution is -0.203. The molecule has 0 aromatic heterocycles. The summed E-state index contributed by atoms with van der Waals surface area (Å²) >= 11 is 0. The lowest BCUT2D eigenvalue weighted by Gasteiger charge is -2.59. The Balaban J connectivity index is 1.09. The Morgan fingerprint density at radius 2 is 0.850 bits per heavy atom. The van der Waals surface area contributed by atoms with Gasteiger partial charge in [-0.1, -0.05) is 0 Å². The van der Waals surface area contributed by atoms with E-state index in [9.17, 15) is 29.4 Å². The summed E-state index contributed by atoms with van der Waals surface area (Å²) in [5.41, 5.74) is -4.59. The van der Waals surface area contributed by atoms with Crippen LogP contribution in [0.15, 0.2) is 0 Å².